The van der Waals surface area contributed by atoms with Crippen LogP contribution in [0.15, 0.2) is 66.2 Å². The van der Waals surface area contributed by atoms with Crippen LogP contribution in [0.25, 0.3) is 5.76 Å². The van der Waals surface area contributed by atoms with E-state index in [1.807, 2.05) is 38.1 Å². The lowest BCUT2D eigenvalue weighted by Crippen LogP contribution is -2.29. The van der Waals surface area contributed by atoms with Crippen molar-refractivity contribution in [2.45, 2.75) is 33.2 Å². The first-order valence-corrected chi connectivity index (χ1v) is 12.2. The van der Waals surface area contributed by atoms with Crippen molar-refractivity contribution < 1.29 is 28.9 Å². The van der Waals surface area contributed by atoms with E-state index in [1.54, 1.807) is 36.4 Å². The van der Waals surface area contributed by atoms with Gasteiger partial charge in [0.05, 0.1) is 32.4 Å². The van der Waals surface area contributed by atoms with E-state index in [0.717, 1.165) is 17.5 Å². The summed E-state index contributed by atoms with van der Waals surface area (Å²) >= 11 is 0. The SMILES string of the molecule is CCOc1ccc(/C(O)=C2\C(=O)C(=O)N(c3ccc(OC)c(OC)c3)C2c2ccc(CC)cc2)cc1C. The van der Waals surface area contributed by atoms with Crippen molar-refractivity contribution >= 4 is 23.1 Å². The van der Waals surface area contributed by atoms with Crippen LogP contribution in [0.5, 0.6) is 17.2 Å². The number of carbonyl (C=O) groups excluding carboxylic acids is 2. The number of aryl methyl sites for hydroxylation is 2. The maximum absolute atomic E-state index is 13.5. The highest BCUT2D eigenvalue weighted by Crippen LogP contribution is 2.44. The fraction of sp³-hybridized carbons (Fsp3) is 0.267. The van der Waals surface area contributed by atoms with Gasteiger partial charge in [-0.25, -0.2) is 0 Å². The molecule has 0 radical (unpaired) electrons. The molecule has 4 rings (SSSR count). The van der Waals surface area contributed by atoms with Crippen LogP contribution in [0.3, 0.4) is 0 Å². The summed E-state index contributed by atoms with van der Waals surface area (Å²) in [5.41, 5.74) is 3.54. The zero-order valence-corrected chi connectivity index (χ0v) is 21.7. The van der Waals surface area contributed by atoms with Gasteiger partial charge in [0.15, 0.2) is 11.5 Å². The molecule has 1 unspecified atom stereocenters. The highest BCUT2D eigenvalue weighted by Gasteiger charge is 2.47. The smallest absolute Gasteiger partial charge is 0.300 e. The molecule has 0 saturated carbocycles. The number of hydrogen-bond acceptors (Lipinski definition) is 6. The standard InChI is InChI=1S/C30H31NO6/c1-6-19-8-10-20(11-9-19)27-26(28(32)21-12-14-23(37-7-2)18(3)16-21)29(33)30(34)31(27)22-13-15-24(35-4)25(17-22)36-5/h8-17,27,32H,6-7H2,1-5H3/b28-26+. The molecule has 7 heteroatoms. The van der Waals surface area contributed by atoms with Crippen LogP contribution in [0.2, 0.25) is 0 Å². The van der Waals surface area contributed by atoms with Crippen LogP contribution in [0, 0.1) is 6.92 Å². The van der Waals surface area contributed by atoms with E-state index in [9.17, 15) is 14.7 Å². The van der Waals surface area contributed by atoms with Crippen molar-refractivity contribution in [2.75, 3.05) is 25.7 Å². The Morgan fingerprint density at radius 2 is 1.57 bits per heavy atom. The average molecular weight is 502 g/mol. The van der Waals surface area contributed by atoms with Crippen molar-refractivity contribution in [2.24, 2.45) is 0 Å². The van der Waals surface area contributed by atoms with Crippen molar-refractivity contribution in [3.63, 3.8) is 0 Å². The van der Waals surface area contributed by atoms with Gasteiger partial charge in [0, 0.05) is 17.3 Å². The molecule has 3 aromatic rings. The Kier molecular flexibility index (Phi) is 7.53. The topological polar surface area (TPSA) is 85.3 Å². The zero-order chi connectivity index (χ0) is 26.7. The number of amides is 1. The molecule has 3 aromatic carbocycles. The number of ether oxygens (including phenoxy) is 3. The van der Waals surface area contributed by atoms with E-state index in [1.165, 1.54) is 19.1 Å². The van der Waals surface area contributed by atoms with Crippen LogP contribution in [0.1, 0.15) is 42.1 Å². The van der Waals surface area contributed by atoms with Gasteiger partial charge in [-0.3, -0.25) is 14.5 Å². The number of aliphatic hydroxyl groups excluding tert-OH is 1. The molecule has 1 amide bonds. The van der Waals surface area contributed by atoms with E-state index < -0.39 is 17.7 Å². The Labute approximate surface area is 216 Å². The first-order valence-electron chi connectivity index (χ1n) is 12.2. The Morgan fingerprint density at radius 1 is 0.892 bits per heavy atom. The maximum Gasteiger partial charge on any atom is 0.300 e. The first kappa shape index (κ1) is 25.8. The van der Waals surface area contributed by atoms with Gasteiger partial charge in [0.25, 0.3) is 11.7 Å². The van der Waals surface area contributed by atoms with Gasteiger partial charge in [-0.1, -0.05) is 31.2 Å². The second kappa shape index (κ2) is 10.8. The quantitative estimate of drug-likeness (QED) is 0.246. The minimum atomic E-state index is -0.837. The highest BCUT2D eigenvalue weighted by atomic mass is 16.5. The average Bonchev–Trinajstić information content (AvgIpc) is 3.19. The van der Waals surface area contributed by atoms with E-state index in [-0.39, 0.29) is 11.3 Å². The summed E-state index contributed by atoms with van der Waals surface area (Å²) in [6, 6.07) is 17.1. The first-order chi connectivity index (χ1) is 17.8. The number of rotatable bonds is 8. The minimum absolute atomic E-state index is 0.0209. The van der Waals surface area contributed by atoms with Crippen LogP contribution in [-0.4, -0.2) is 37.6 Å². The normalized spacial score (nSPS) is 16.7. The number of ketones is 1. The molecule has 0 spiro atoms. The van der Waals surface area contributed by atoms with Crippen LogP contribution >= 0.6 is 0 Å². The van der Waals surface area contributed by atoms with Gasteiger partial charge in [-0.2, -0.15) is 0 Å². The second-order valence-corrected chi connectivity index (χ2v) is 8.72. The predicted molar refractivity (Wildman–Crippen MR) is 142 cm³/mol. The summed E-state index contributed by atoms with van der Waals surface area (Å²) < 4.78 is 16.4. The Balaban J connectivity index is 1.91. The summed E-state index contributed by atoms with van der Waals surface area (Å²) in [5, 5.41) is 11.4. The third-order valence-corrected chi connectivity index (χ3v) is 6.54. The number of anilines is 1. The Bertz CT molecular complexity index is 1360. The third kappa shape index (κ3) is 4.77. The van der Waals surface area contributed by atoms with E-state index >= 15 is 0 Å². The number of nitrogens with zero attached hydrogens (tertiary/aromatic N) is 1. The maximum atomic E-state index is 13.5. The van der Waals surface area contributed by atoms with Gasteiger partial charge in [0.1, 0.15) is 11.5 Å². The van der Waals surface area contributed by atoms with Gasteiger partial charge in [-0.05, 0) is 67.3 Å². The lowest BCUT2D eigenvalue weighted by molar-refractivity contribution is -0.132. The number of benzene rings is 3. The van der Waals surface area contributed by atoms with E-state index in [4.69, 9.17) is 14.2 Å². The van der Waals surface area contributed by atoms with Crippen molar-refractivity contribution in [3.05, 3.63) is 88.5 Å². The Hall–Kier alpha value is -4.26. The fourth-order valence-corrected chi connectivity index (χ4v) is 4.59. The lowest BCUT2D eigenvalue weighted by atomic mass is 9.94. The van der Waals surface area contributed by atoms with Gasteiger partial charge < -0.3 is 19.3 Å². The second-order valence-electron chi connectivity index (χ2n) is 8.72. The van der Waals surface area contributed by atoms with E-state index in [0.29, 0.717) is 40.7 Å². The molecular formula is C30H31NO6. The van der Waals surface area contributed by atoms with Gasteiger partial charge >= 0.3 is 0 Å². The summed E-state index contributed by atoms with van der Waals surface area (Å²) in [6.07, 6.45) is 0.849. The molecule has 192 valence electrons. The lowest BCUT2D eigenvalue weighted by Gasteiger charge is -2.26. The van der Waals surface area contributed by atoms with Gasteiger partial charge in [-0.15, -0.1) is 0 Å². The number of methoxy groups -OCH3 is 2. The van der Waals surface area contributed by atoms with Crippen LogP contribution in [-0.2, 0) is 16.0 Å². The fourth-order valence-electron chi connectivity index (χ4n) is 4.59. The number of hydrogen-bond donors (Lipinski definition) is 1. The summed E-state index contributed by atoms with van der Waals surface area (Å²) in [7, 11) is 3.03. The minimum Gasteiger partial charge on any atom is -0.507 e. The molecule has 0 aliphatic carbocycles. The van der Waals surface area contributed by atoms with Gasteiger partial charge in [0.2, 0.25) is 0 Å². The molecule has 1 heterocycles. The molecule has 0 aromatic heterocycles. The molecule has 1 aliphatic rings. The van der Waals surface area contributed by atoms with Crippen molar-refractivity contribution in [1.82, 2.24) is 0 Å². The van der Waals surface area contributed by atoms with Crippen molar-refractivity contribution in [3.8, 4) is 17.2 Å². The summed E-state index contributed by atoms with van der Waals surface area (Å²) in [4.78, 5) is 28.3. The molecule has 1 saturated heterocycles. The molecule has 1 fully saturated rings. The zero-order valence-electron chi connectivity index (χ0n) is 21.7. The monoisotopic (exact) mass is 501 g/mol. The van der Waals surface area contributed by atoms with Crippen LogP contribution in [0.4, 0.5) is 5.69 Å². The molecule has 0 bridgehead atoms. The molecule has 37 heavy (non-hydrogen) atoms. The molecule has 1 N–H and O–H groups in total. The van der Waals surface area contributed by atoms with E-state index in [2.05, 4.69) is 6.92 Å². The van der Waals surface area contributed by atoms with Crippen molar-refractivity contribution in [1.29, 1.82) is 0 Å². The predicted octanol–water partition coefficient (Wildman–Crippen LogP) is 5.60. The third-order valence-electron chi connectivity index (χ3n) is 6.54. The molecule has 1 atom stereocenters. The molecular weight excluding hydrogens is 470 g/mol. The number of carbonyl (C=O) groups is 2. The molecule has 7 nitrogen and oxygen atoms in total. The summed E-state index contributed by atoms with van der Waals surface area (Å²) in [5.74, 6) is -0.126. The summed E-state index contributed by atoms with van der Waals surface area (Å²) in [6.45, 7) is 6.33. The molecule has 1 aliphatic heterocycles. The largest absolute Gasteiger partial charge is 0.507 e. The van der Waals surface area contributed by atoms with Crippen LogP contribution < -0.4 is 19.1 Å². The number of Topliss-reactive ketones (excluding diaryl/α,β-unsaturated/α-hetero) is 1. The highest BCUT2D eigenvalue weighted by molar-refractivity contribution is 6.51. The Morgan fingerprint density at radius 3 is 2.16 bits per heavy atom. The number of aliphatic hydroxyl groups is 1.